The first-order valence-corrected chi connectivity index (χ1v) is 6.43. The van der Waals surface area contributed by atoms with Crippen molar-refractivity contribution in [2.75, 3.05) is 5.32 Å². The molecular formula is C12H11BrN4O. The van der Waals surface area contributed by atoms with Crippen molar-refractivity contribution < 1.29 is 4.79 Å². The van der Waals surface area contributed by atoms with Gasteiger partial charge < -0.3 is 0 Å². The van der Waals surface area contributed by atoms with Crippen LogP contribution in [0.2, 0.25) is 0 Å². The number of nitrogens with zero attached hydrogens (tertiary/aromatic N) is 2. The van der Waals surface area contributed by atoms with Gasteiger partial charge in [0.2, 0.25) is 11.9 Å². The van der Waals surface area contributed by atoms with Crippen molar-refractivity contribution in [3.8, 4) is 0 Å². The first-order chi connectivity index (χ1) is 8.71. The Labute approximate surface area is 112 Å². The van der Waals surface area contributed by atoms with Gasteiger partial charge in [0.25, 0.3) is 0 Å². The normalized spacial score (nSPS) is 16.3. The van der Waals surface area contributed by atoms with Crippen LogP contribution < -0.4 is 5.32 Å². The number of H-pyrrole nitrogens is 1. The van der Waals surface area contributed by atoms with Crippen molar-refractivity contribution in [3.05, 3.63) is 40.6 Å². The first-order valence-electron chi connectivity index (χ1n) is 5.64. The zero-order valence-electron chi connectivity index (χ0n) is 9.48. The molecule has 1 heterocycles. The third-order valence-electron chi connectivity index (χ3n) is 3.21. The Morgan fingerprint density at radius 2 is 2.28 bits per heavy atom. The summed E-state index contributed by atoms with van der Waals surface area (Å²) < 4.78 is 0.985. The van der Waals surface area contributed by atoms with Gasteiger partial charge in [-0.2, -0.15) is 10.1 Å². The average molecular weight is 307 g/mol. The lowest BCUT2D eigenvalue weighted by molar-refractivity contribution is -0.118. The molecule has 5 nitrogen and oxygen atoms in total. The quantitative estimate of drug-likeness (QED) is 0.913. The van der Waals surface area contributed by atoms with E-state index in [1.807, 2.05) is 24.3 Å². The van der Waals surface area contributed by atoms with Crippen LogP contribution in [0.5, 0.6) is 0 Å². The predicted octanol–water partition coefficient (Wildman–Crippen LogP) is 2.24. The van der Waals surface area contributed by atoms with E-state index in [0.29, 0.717) is 5.95 Å². The van der Waals surface area contributed by atoms with E-state index >= 15 is 0 Å². The molecule has 0 bridgehead atoms. The molecule has 3 rings (SSSR count). The molecule has 1 amide bonds. The van der Waals surface area contributed by atoms with Gasteiger partial charge >= 0.3 is 0 Å². The van der Waals surface area contributed by atoms with Crippen molar-refractivity contribution in [1.29, 1.82) is 0 Å². The van der Waals surface area contributed by atoms with Crippen molar-refractivity contribution in [3.63, 3.8) is 0 Å². The van der Waals surface area contributed by atoms with Crippen molar-refractivity contribution >= 4 is 27.8 Å². The lowest BCUT2D eigenvalue weighted by Gasteiger charge is -2.14. The number of aromatic amines is 1. The molecular weight excluding hydrogens is 296 g/mol. The maximum absolute atomic E-state index is 12.3. The summed E-state index contributed by atoms with van der Waals surface area (Å²) in [5.74, 6) is 0.360. The molecule has 1 aliphatic carbocycles. The van der Waals surface area contributed by atoms with Crippen LogP contribution in [0.1, 0.15) is 18.4 Å². The van der Waals surface area contributed by atoms with E-state index in [0.717, 1.165) is 22.9 Å². The highest BCUT2D eigenvalue weighted by Crippen LogP contribution is 2.49. The van der Waals surface area contributed by atoms with Crippen LogP contribution in [0, 0.1) is 0 Å². The van der Waals surface area contributed by atoms with E-state index in [1.165, 1.54) is 6.33 Å². The summed E-state index contributed by atoms with van der Waals surface area (Å²) in [6.45, 7) is 0. The monoisotopic (exact) mass is 306 g/mol. The summed E-state index contributed by atoms with van der Waals surface area (Å²) in [6.07, 6.45) is 3.10. The van der Waals surface area contributed by atoms with Crippen molar-refractivity contribution in [2.24, 2.45) is 0 Å². The molecule has 1 aromatic heterocycles. The number of aromatic nitrogens is 3. The Bertz CT molecular complexity index is 578. The second-order valence-corrected chi connectivity index (χ2v) is 5.30. The van der Waals surface area contributed by atoms with Gasteiger partial charge in [-0.25, -0.2) is 5.10 Å². The first kappa shape index (κ1) is 11.4. The molecule has 92 valence electrons. The number of hydrogen-bond acceptors (Lipinski definition) is 3. The van der Waals surface area contributed by atoms with Crippen LogP contribution >= 0.6 is 15.9 Å². The highest BCUT2D eigenvalue weighted by molar-refractivity contribution is 9.10. The Kier molecular flexibility index (Phi) is 2.66. The van der Waals surface area contributed by atoms with Crippen LogP contribution in [-0.4, -0.2) is 21.1 Å². The minimum Gasteiger partial charge on any atom is -0.294 e. The molecule has 1 aromatic carbocycles. The Hall–Kier alpha value is -1.69. The van der Waals surface area contributed by atoms with Crippen LogP contribution in [-0.2, 0) is 10.2 Å². The molecule has 6 heteroatoms. The van der Waals surface area contributed by atoms with Crippen LogP contribution in [0.25, 0.3) is 0 Å². The number of carbonyl (C=O) groups excluding carboxylic acids is 1. The predicted molar refractivity (Wildman–Crippen MR) is 70.1 cm³/mol. The average Bonchev–Trinajstić information content (AvgIpc) is 3.03. The molecule has 0 radical (unpaired) electrons. The second-order valence-electron chi connectivity index (χ2n) is 4.38. The number of amides is 1. The third kappa shape index (κ3) is 1.92. The number of halogens is 1. The summed E-state index contributed by atoms with van der Waals surface area (Å²) in [5, 5.41) is 9.09. The van der Waals surface area contributed by atoms with E-state index < -0.39 is 5.41 Å². The summed E-state index contributed by atoms with van der Waals surface area (Å²) in [7, 11) is 0. The van der Waals surface area contributed by atoms with E-state index in [1.54, 1.807) is 0 Å². The smallest absolute Gasteiger partial charge is 0.237 e. The van der Waals surface area contributed by atoms with E-state index in [4.69, 9.17) is 0 Å². The number of hydrogen-bond donors (Lipinski definition) is 2. The topological polar surface area (TPSA) is 70.7 Å². The fraction of sp³-hybridized carbons (Fsp3) is 0.250. The van der Waals surface area contributed by atoms with Crippen LogP contribution in [0.4, 0.5) is 5.95 Å². The molecule has 0 atom stereocenters. The molecule has 0 unspecified atom stereocenters. The highest BCUT2D eigenvalue weighted by atomic mass is 79.9. The van der Waals surface area contributed by atoms with Crippen LogP contribution in [0.15, 0.2) is 35.1 Å². The summed E-state index contributed by atoms with van der Waals surface area (Å²) in [4.78, 5) is 16.2. The molecule has 2 aromatic rings. The lowest BCUT2D eigenvalue weighted by Crippen LogP contribution is -2.28. The van der Waals surface area contributed by atoms with Gasteiger partial charge in [-0.1, -0.05) is 28.1 Å². The zero-order valence-corrected chi connectivity index (χ0v) is 11.1. The van der Waals surface area contributed by atoms with Crippen LogP contribution in [0.3, 0.4) is 0 Å². The Morgan fingerprint density at radius 1 is 1.44 bits per heavy atom. The fourth-order valence-electron chi connectivity index (χ4n) is 2.05. The van der Waals surface area contributed by atoms with Gasteiger partial charge in [0.1, 0.15) is 6.33 Å². The Balaban J connectivity index is 1.85. The highest BCUT2D eigenvalue weighted by Gasteiger charge is 2.51. The van der Waals surface area contributed by atoms with Gasteiger partial charge in [-0.3, -0.25) is 10.1 Å². The maximum Gasteiger partial charge on any atom is 0.237 e. The van der Waals surface area contributed by atoms with Gasteiger partial charge in [0.15, 0.2) is 0 Å². The molecule has 1 aliphatic rings. The fourth-order valence-corrected chi connectivity index (χ4v) is 2.45. The molecule has 0 aliphatic heterocycles. The number of rotatable bonds is 3. The molecule has 18 heavy (non-hydrogen) atoms. The Morgan fingerprint density at radius 3 is 2.89 bits per heavy atom. The van der Waals surface area contributed by atoms with E-state index in [-0.39, 0.29) is 5.91 Å². The van der Waals surface area contributed by atoms with Crippen molar-refractivity contribution in [2.45, 2.75) is 18.3 Å². The zero-order chi connectivity index (χ0) is 12.6. The number of carbonyl (C=O) groups is 1. The molecule has 1 fully saturated rings. The second kappa shape index (κ2) is 4.20. The lowest BCUT2D eigenvalue weighted by atomic mass is 9.95. The largest absolute Gasteiger partial charge is 0.294 e. The van der Waals surface area contributed by atoms with Gasteiger partial charge in [0.05, 0.1) is 5.41 Å². The molecule has 1 saturated carbocycles. The minimum absolute atomic E-state index is 0.0302. The SMILES string of the molecule is O=C(Nc1ncn[nH]1)C1(c2cccc(Br)c2)CC1. The standard InChI is InChI=1S/C12H11BrN4O/c13-9-3-1-2-8(6-9)12(4-5-12)10(18)16-11-14-7-15-17-11/h1-3,6-7H,4-5H2,(H2,14,15,16,17,18). The number of nitrogens with one attached hydrogen (secondary N) is 2. The molecule has 2 N–H and O–H groups in total. The number of anilines is 1. The molecule has 0 spiro atoms. The van der Waals surface area contributed by atoms with Gasteiger partial charge in [0, 0.05) is 4.47 Å². The maximum atomic E-state index is 12.3. The number of benzene rings is 1. The summed E-state index contributed by atoms with van der Waals surface area (Å²) >= 11 is 3.43. The minimum atomic E-state index is -0.406. The summed E-state index contributed by atoms with van der Waals surface area (Å²) in [6, 6.07) is 7.87. The van der Waals surface area contributed by atoms with Gasteiger partial charge in [-0.05, 0) is 30.5 Å². The van der Waals surface area contributed by atoms with E-state index in [2.05, 4.69) is 36.4 Å². The summed E-state index contributed by atoms with van der Waals surface area (Å²) in [5.41, 5.74) is 0.630. The molecule has 0 saturated heterocycles. The van der Waals surface area contributed by atoms with Crippen molar-refractivity contribution in [1.82, 2.24) is 15.2 Å². The van der Waals surface area contributed by atoms with E-state index in [9.17, 15) is 4.79 Å². The third-order valence-corrected chi connectivity index (χ3v) is 3.70. The van der Waals surface area contributed by atoms with Gasteiger partial charge in [-0.15, -0.1) is 0 Å².